The quantitative estimate of drug-likeness (QED) is 0.778. The van der Waals surface area contributed by atoms with Gasteiger partial charge in [0.15, 0.2) is 0 Å². The Balaban J connectivity index is 1.68. The highest BCUT2D eigenvalue weighted by atomic mass is 32.1. The first kappa shape index (κ1) is 14.6. The molecule has 0 atom stereocenters. The molecule has 0 unspecified atom stereocenters. The van der Waals surface area contributed by atoms with E-state index in [0.717, 1.165) is 16.2 Å². The van der Waals surface area contributed by atoms with Crippen LogP contribution in [0.1, 0.15) is 41.8 Å². The Kier molecular flexibility index (Phi) is 3.66. The zero-order chi connectivity index (χ0) is 15.7. The van der Waals surface area contributed by atoms with Gasteiger partial charge in [-0.05, 0) is 18.2 Å². The van der Waals surface area contributed by atoms with E-state index in [9.17, 15) is 4.79 Å². The van der Waals surface area contributed by atoms with Gasteiger partial charge in [0.1, 0.15) is 16.0 Å². The number of H-pyrrole nitrogens is 1. The van der Waals surface area contributed by atoms with Crippen LogP contribution >= 0.6 is 11.3 Å². The number of aromatic amines is 1. The van der Waals surface area contributed by atoms with Crippen LogP contribution in [0.15, 0.2) is 23.6 Å². The summed E-state index contributed by atoms with van der Waals surface area (Å²) >= 11 is 1.56. The van der Waals surface area contributed by atoms with Crippen LogP contribution in [0.4, 0.5) is 0 Å². The van der Waals surface area contributed by atoms with Gasteiger partial charge in [0, 0.05) is 16.4 Å². The minimum absolute atomic E-state index is 0.0246. The van der Waals surface area contributed by atoms with Gasteiger partial charge in [-0.2, -0.15) is 15.4 Å². The van der Waals surface area contributed by atoms with Crippen molar-refractivity contribution in [1.82, 2.24) is 25.7 Å². The Morgan fingerprint density at radius 2 is 2.05 bits per heavy atom. The van der Waals surface area contributed by atoms with Crippen LogP contribution in [0, 0.1) is 0 Å². The third-order valence-electron chi connectivity index (χ3n) is 3.30. The maximum Gasteiger partial charge on any atom is 0.251 e. The van der Waals surface area contributed by atoms with Crippen molar-refractivity contribution in [2.75, 3.05) is 0 Å². The number of hydrogen-bond donors (Lipinski definition) is 2. The zero-order valence-electron chi connectivity index (χ0n) is 12.7. The highest BCUT2D eigenvalue weighted by Crippen LogP contribution is 2.23. The summed E-state index contributed by atoms with van der Waals surface area (Å²) in [5.74, 6) is -0.141. The van der Waals surface area contributed by atoms with E-state index in [0.29, 0.717) is 17.6 Å². The number of carbonyl (C=O) groups excluding carboxylic acids is 1. The van der Waals surface area contributed by atoms with Crippen molar-refractivity contribution < 1.29 is 4.79 Å². The maximum absolute atomic E-state index is 12.2. The number of carbonyl (C=O) groups is 1. The fraction of sp³-hybridized carbons (Fsp3) is 0.333. The minimum Gasteiger partial charge on any atom is -0.346 e. The number of nitrogens with zero attached hydrogens (tertiary/aromatic N) is 3. The number of rotatable bonds is 3. The first-order chi connectivity index (χ1) is 10.4. The van der Waals surface area contributed by atoms with Crippen LogP contribution < -0.4 is 5.32 Å². The van der Waals surface area contributed by atoms with Gasteiger partial charge < -0.3 is 5.32 Å². The SMILES string of the molecule is CC(C)(C)c1csc(CNC(=O)c2ccc3n[nH]nc3c2)n1. The number of fused-ring (bicyclic) bond motifs is 1. The monoisotopic (exact) mass is 315 g/mol. The molecule has 2 heterocycles. The summed E-state index contributed by atoms with van der Waals surface area (Å²) in [6.45, 7) is 6.79. The fourth-order valence-electron chi connectivity index (χ4n) is 1.98. The summed E-state index contributed by atoms with van der Waals surface area (Å²) < 4.78 is 0. The van der Waals surface area contributed by atoms with E-state index >= 15 is 0 Å². The third kappa shape index (κ3) is 2.99. The Morgan fingerprint density at radius 1 is 1.27 bits per heavy atom. The Bertz CT molecular complexity index is 815. The van der Waals surface area contributed by atoms with Gasteiger partial charge in [-0.3, -0.25) is 4.79 Å². The van der Waals surface area contributed by atoms with Gasteiger partial charge in [0.25, 0.3) is 5.91 Å². The molecule has 0 aliphatic carbocycles. The Hall–Kier alpha value is -2.28. The summed E-state index contributed by atoms with van der Waals surface area (Å²) in [4.78, 5) is 16.8. The lowest BCUT2D eigenvalue weighted by Gasteiger charge is -2.14. The number of thiazole rings is 1. The van der Waals surface area contributed by atoms with Crippen LogP contribution in [0.5, 0.6) is 0 Å². The normalized spacial score (nSPS) is 11.8. The molecule has 0 bridgehead atoms. The molecule has 114 valence electrons. The van der Waals surface area contributed by atoms with Crippen molar-refractivity contribution >= 4 is 28.3 Å². The van der Waals surface area contributed by atoms with E-state index in [2.05, 4.69) is 46.5 Å². The minimum atomic E-state index is -0.141. The molecule has 3 rings (SSSR count). The number of nitrogens with one attached hydrogen (secondary N) is 2. The molecule has 2 aromatic heterocycles. The second-order valence-corrected chi connectivity index (χ2v) is 7.03. The molecular weight excluding hydrogens is 298 g/mol. The first-order valence-electron chi connectivity index (χ1n) is 6.97. The molecule has 0 spiro atoms. The van der Waals surface area contributed by atoms with E-state index in [-0.39, 0.29) is 11.3 Å². The molecule has 22 heavy (non-hydrogen) atoms. The van der Waals surface area contributed by atoms with E-state index in [1.807, 2.05) is 5.38 Å². The van der Waals surface area contributed by atoms with E-state index in [4.69, 9.17) is 0 Å². The number of benzene rings is 1. The molecule has 0 radical (unpaired) electrons. The smallest absolute Gasteiger partial charge is 0.251 e. The molecule has 1 aromatic carbocycles. The molecule has 0 saturated carbocycles. The molecule has 7 heteroatoms. The van der Waals surface area contributed by atoms with Crippen LogP contribution in [0.3, 0.4) is 0 Å². The average Bonchev–Trinajstić information content (AvgIpc) is 3.12. The van der Waals surface area contributed by atoms with Crippen LogP contribution in [-0.4, -0.2) is 26.3 Å². The second-order valence-electron chi connectivity index (χ2n) is 6.09. The predicted molar refractivity (Wildman–Crippen MR) is 85.9 cm³/mol. The molecule has 0 aliphatic heterocycles. The van der Waals surface area contributed by atoms with Crippen molar-refractivity contribution in [3.8, 4) is 0 Å². The van der Waals surface area contributed by atoms with Crippen LogP contribution in [0.25, 0.3) is 11.0 Å². The molecule has 0 saturated heterocycles. The van der Waals surface area contributed by atoms with Crippen LogP contribution in [0.2, 0.25) is 0 Å². The Labute approximate surface area is 132 Å². The molecule has 6 nitrogen and oxygen atoms in total. The van der Waals surface area contributed by atoms with E-state index in [1.165, 1.54) is 0 Å². The van der Waals surface area contributed by atoms with Crippen molar-refractivity contribution in [3.05, 3.63) is 39.8 Å². The fourth-order valence-corrected chi connectivity index (χ4v) is 2.94. The van der Waals surface area contributed by atoms with Gasteiger partial charge in [-0.15, -0.1) is 11.3 Å². The summed E-state index contributed by atoms with van der Waals surface area (Å²) in [6.07, 6.45) is 0. The topological polar surface area (TPSA) is 83.6 Å². The highest BCUT2D eigenvalue weighted by molar-refractivity contribution is 7.09. The highest BCUT2D eigenvalue weighted by Gasteiger charge is 2.17. The lowest BCUT2D eigenvalue weighted by Crippen LogP contribution is -2.23. The van der Waals surface area contributed by atoms with E-state index in [1.54, 1.807) is 29.5 Å². The van der Waals surface area contributed by atoms with Gasteiger partial charge in [0.2, 0.25) is 0 Å². The third-order valence-corrected chi connectivity index (χ3v) is 4.15. The zero-order valence-corrected chi connectivity index (χ0v) is 13.5. The van der Waals surface area contributed by atoms with Gasteiger partial charge >= 0.3 is 0 Å². The van der Waals surface area contributed by atoms with Gasteiger partial charge in [-0.1, -0.05) is 20.8 Å². The van der Waals surface area contributed by atoms with E-state index < -0.39 is 0 Å². The first-order valence-corrected chi connectivity index (χ1v) is 7.85. The Morgan fingerprint density at radius 3 is 2.77 bits per heavy atom. The molecule has 3 aromatic rings. The standard InChI is InChI=1S/C15H17N5OS/c1-15(2,3)12-8-22-13(17-12)7-16-14(21)9-4-5-10-11(6-9)19-20-18-10/h4-6,8H,7H2,1-3H3,(H,16,21)(H,18,19,20). The molecule has 0 aliphatic rings. The maximum atomic E-state index is 12.2. The lowest BCUT2D eigenvalue weighted by atomic mass is 9.93. The average molecular weight is 315 g/mol. The number of hydrogen-bond acceptors (Lipinski definition) is 5. The lowest BCUT2D eigenvalue weighted by molar-refractivity contribution is 0.0951. The summed E-state index contributed by atoms with van der Waals surface area (Å²) in [7, 11) is 0. The molecule has 2 N–H and O–H groups in total. The largest absolute Gasteiger partial charge is 0.346 e. The molecular formula is C15H17N5OS. The van der Waals surface area contributed by atoms with Gasteiger partial charge in [0.05, 0.1) is 12.2 Å². The summed E-state index contributed by atoms with van der Waals surface area (Å²) in [6, 6.07) is 5.23. The van der Waals surface area contributed by atoms with Crippen molar-refractivity contribution in [3.63, 3.8) is 0 Å². The summed E-state index contributed by atoms with van der Waals surface area (Å²) in [5.41, 5.74) is 3.06. The number of aromatic nitrogens is 4. The van der Waals surface area contributed by atoms with Gasteiger partial charge in [-0.25, -0.2) is 4.98 Å². The van der Waals surface area contributed by atoms with Crippen LogP contribution in [-0.2, 0) is 12.0 Å². The van der Waals surface area contributed by atoms with Crippen molar-refractivity contribution in [2.45, 2.75) is 32.7 Å². The molecule has 1 amide bonds. The van der Waals surface area contributed by atoms with Crippen molar-refractivity contribution in [1.29, 1.82) is 0 Å². The second kappa shape index (κ2) is 5.49. The predicted octanol–water partition coefficient (Wildman–Crippen LogP) is 2.64. The summed E-state index contributed by atoms with van der Waals surface area (Å²) in [5, 5.41) is 16.3. The number of amides is 1. The van der Waals surface area contributed by atoms with Crippen molar-refractivity contribution in [2.24, 2.45) is 0 Å². The molecule has 0 fully saturated rings.